The molecule has 0 aliphatic heterocycles. The number of carbonyl (C=O) groups is 1. The monoisotopic (exact) mass is 490 g/mol. The van der Waals surface area contributed by atoms with E-state index in [-0.39, 0.29) is 40.8 Å². The SMILES string of the molecule is C=C1[C@@H](OC(C)=O)CC[C@@]2(C)C[C@H](O[Si](CC)(CC)C(C)C)C3=C(C)CC[C@@H]([C@@H](O)[C@H]12)C3(C)C. The second kappa shape index (κ2) is 9.86. The summed E-state index contributed by atoms with van der Waals surface area (Å²) < 4.78 is 13.1. The van der Waals surface area contributed by atoms with E-state index in [0.717, 1.165) is 49.8 Å². The maximum absolute atomic E-state index is 12.0. The van der Waals surface area contributed by atoms with Crippen LogP contribution in [0, 0.1) is 22.7 Å². The molecule has 2 bridgehead atoms. The lowest BCUT2D eigenvalue weighted by atomic mass is 9.50. The van der Waals surface area contributed by atoms with Gasteiger partial charge in [0.15, 0.2) is 8.32 Å². The molecule has 4 nitrogen and oxygen atoms in total. The Balaban J connectivity index is 2.14. The highest BCUT2D eigenvalue weighted by atomic mass is 28.4. The van der Waals surface area contributed by atoms with Crippen LogP contribution >= 0.6 is 0 Å². The van der Waals surface area contributed by atoms with Crippen LogP contribution < -0.4 is 0 Å². The van der Waals surface area contributed by atoms with E-state index in [1.807, 2.05) is 0 Å². The Labute approximate surface area is 209 Å². The van der Waals surface area contributed by atoms with Crippen molar-refractivity contribution in [1.29, 1.82) is 0 Å². The van der Waals surface area contributed by atoms with Gasteiger partial charge in [0.2, 0.25) is 0 Å². The lowest BCUT2D eigenvalue weighted by molar-refractivity contribution is -0.150. The summed E-state index contributed by atoms with van der Waals surface area (Å²) in [5.74, 6) is -0.235. The molecule has 0 saturated heterocycles. The van der Waals surface area contributed by atoms with Crippen molar-refractivity contribution < 1.29 is 19.1 Å². The molecule has 0 aromatic rings. The molecule has 6 atom stereocenters. The van der Waals surface area contributed by atoms with Crippen LogP contribution in [0.4, 0.5) is 0 Å². The van der Waals surface area contributed by atoms with Crippen molar-refractivity contribution in [2.24, 2.45) is 22.7 Å². The smallest absolute Gasteiger partial charge is 0.303 e. The largest absolute Gasteiger partial charge is 0.458 e. The van der Waals surface area contributed by atoms with Crippen LogP contribution in [-0.2, 0) is 14.0 Å². The van der Waals surface area contributed by atoms with Crippen LogP contribution in [0.1, 0.15) is 94.4 Å². The molecule has 0 aromatic heterocycles. The Morgan fingerprint density at radius 2 is 1.79 bits per heavy atom. The first kappa shape index (κ1) is 27.7. The van der Waals surface area contributed by atoms with Crippen molar-refractivity contribution in [3.05, 3.63) is 23.3 Å². The molecular formula is C29H50O4Si. The summed E-state index contributed by atoms with van der Waals surface area (Å²) in [6, 6.07) is 2.25. The maximum Gasteiger partial charge on any atom is 0.303 e. The van der Waals surface area contributed by atoms with Crippen LogP contribution in [0.15, 0.2) is 23.3 Å². The topological polar surface area (TPSA) is 55.8 Å². The van der Waals surface area contributed by atoms with Crippen molar-refractivity contribution in [2.75, 3.05) is 0 Å². The number of hydrogen-bond acceptors (Lipinski definition) is 4. The van der Waals surface area contributed by atoms with Gasteiger partial charge in [0.25, 0.3) is 0 Å². The number of fused-ring (bicyclic) bond motifs is 3. The van der Waals surface area contributed by atoms with Crippen molar-refractivity contribution in [3.8, 4) is 0 Å². The maximum atomic E-state index is 12.0. The third kappa shape index (κ3) is 4.62. The van der Waals surface area contributed by atoms with Gasteiger partial charge in [0, 0.05) is 12.8 Å². The zero-order chi connectivity index (χ0) is 25.6. The first-order chi connectivity index (χ1) is 15.7. The number of aliphatic hydroxyl groups excluding tert-OH is 1. The fourth-order valence-corrected chi connectivity index (χ4v) is 11.6. The Kier molecular flexibility index (Phi) is 8.02. The van der Waals surface area contributed by atoms with Gasteiger partial charge in [-0.3, -0.25) is 4.79 Å². The molecule has 5 heteroatoms. The van der Waals surface area contributed by atoms with Crippen molar-refractivity contribution in [2.45, 2.75) is 130 Å². The molecule has 2 saturated carbocycles. The molecule has 0 unspecified atom stereocenters. The third-order valence-corrected chi connectivity index (χ3v) is 15.4. The average molecular weight is 491 g/mol. The van der Waals surface area contributed by atoms with Gasteiger partial charge in [0.05, 0.1) is 12.2 Å². The lowest BCUT2D eigenvalue weighted by Gasteiger charge is -2.58. The summed E-state index contributed by atoms with van der Waals surface area (Å²) in [6.45, 7) is 24.5. The molecule has 0 radical (unpaired) electrons. The number of hydrogen-bond donors (Lipinski definition) is 1. The first-order valence-corrected chi connectivity index (χ1v) is 16.1. The van der Waals surface area contributed by atoms with Gasteiger partial charge in [-0.05, 0) is 84.6 Å². The van der Waals surface area contributed by atoms with Crippen LogP contribution in [-0.4, -0.2) is 37.7 Å². The zero-order valence-corrected chi connectivity index (χ0v) is 24.3. The van der Waals surface area contributed by atoms with Gasteiger partial charge < -0.3 is 14.3 Å². The second-order valence-electron chi connectivity index (χ2n) is 12.6. The number of rotatable bonds is 6. The quantitative estimate of drug-likeness (QED) is 0.243. The fourth-order valence-electron chi connectivity index (χ4n) is 8.06. The molecule has 0 amide bonds. The van der Waals surface area contributed by atoms with Gasteiger partial charge in [-0.1, -0.05) is 60.6 Å². The molecule has 194 valence electrons. The van der Waals surface area contributed by atoms with E-state index in [1.54, 1.807) is 0 Å². The first-order valence-electron chi connectivity index (χ1n) is 13.7. The minimum atomic E-state index is -1.94. The molecule has 0 aromatic carbocycles. The Hall–Kier alpha value is -0.913. The number of carbonyl (C=O) groups excluding carboxylic acids is 1. The average Bonchev–Trinajstić information content (AvgIpc) is 2.72. The predicted molar refractivity (Wildman–Crippen MR) is 142 cm³/mol. The molecule has 0 spiro atoms. The Bertz CT molecular complexity index is 824. The van der Waals surface area contributed by atoms with Crippen LogP contribution in [0.3, 0.4) is 0 Å². The molecule has 34 heavy (non-hydrogen) atoms. The summed E-state index contributed by atoms with van der Waals surface area (Å²) in [4.78, 5) is 11.8. The summed E-state index contributed by atoms with van der Waals surface area (Å²) >= 11 is 0. The van der Waals surface area contributed by atoms with E-state index >= 15 is 0 Å². The highest BCUT2D eigenvalue weighted by Crippen LogP contribution is 2.60. The number of allylic oxidation sites excluding steroid dienone is 1. The van der Waals surface area contributed by atoms with Gasteiger partial charge in [0.1, 0.15) is 6.10 Å². The summed E-state index contributed by atoms with van der Waals surface area (Å²) in [5, 5.41) is 12.0. The summed E-state index contributed by atoms with van der Waals surface area (Å²) in [6.07, 6.45) is 3.82. The number of esters is 1. The van der Waals surface area contributed by atoms with Gasteiger partial charge >= 0.3 is 5.97 Å². The zero-order valence-electron chi connectivity index (χ0n) is 23.3. The highest BCUT2D eigenvalue weighted by Gasteiger charge is 2.57. The molecular weight excluding hydrogens is 440 g/mol. The Morgan fingerprint density at radius 1 is 1.18 bits per heavy atom. The van der Waals surface area contributed by atoms with Gasteiger partial charge in [-0.15, -0.1) is 0 Å². The predicted octanol–water partition coefficient (Wildman–Crippen LogP) is 7.19. The van der Waals surface area contributed by atoms with Crippen molar-refractivity contribution in [3.63, 3.8) is 0 Å². The molecule has 3 aliphatic rings. The van der Waals surface area contributed by atoms with E-state index in [2.05, 4.69) is 62.0 Å². The van der Waals surface area contributed by atoms with Crippen molar-refractivity contribution >= 4 is 14.3 Å². The fraction of sp³-hybridized carbons (Fsp3) is 0.828. The van der Waals surface area contributed by atoms with E-state index in [1.165, 1.54) is 18.1 Å². The minimum Gasteiger partial charge on any atom is -0.458 e. The lowest BCUT2D eigenvalue weighted by Crippen LogP contribution is -2.57. The van der Waals surface area contributed by atoms with Crippen LogP contribution in [0.2, 0.25) is 17.6 Å². The highest BCUT2D eigenvalue weighted by molar-refractivity contribution is 6.75. The van der Waals surface area contributed by atoms with Crippen LogP contribution in [0.5, 0.6) is 0 Å². The minimum absolute atomic E-state index is 0.0739. The summed E-state index contributed by atoms with van der Waals surface area (Å²) in [7, 11) is -1.94. The number of ether oxygens (including phenoxy) is 1. The molecule has 2 fully saturated rings. The Morgan fingerprint density at radius 3 is 2.32 bits per heavy atom. The van der Waals surface area contributed by atoms with Crippen molar-refractivity contribution in [1.82, 2.24) is 0 Å². The van der Waals surface area contributed by atoms with E-state index in [9.17, 15) is 9.90 Å². The van der Waals surface area contributed by atoms with E-state index < -0.39 is 14.4 Å². The van der Waals surface area contributed by atoms with Crippen LogP contribution in [0.25, 0.3) is 0 Å². The summed E-state index contributed by atoms with van der Waals surface area (Å²) in [5.41, 5.74) is 4.08. The number of aliphatic hydroxyl groups is 1. The standard InChI is InChI=1S/C29H50O4Si/c1-11-34(12-2,18(3)4)33-24-17-29(10)16-15-23(32-21(7)30)20(6)26(29)27(31)22-14-13-19(5)25(24)28(22,8)9/h18,22-24,26-27,31H,6,11-17H2,1-5,7-10H3/t22-,23-,24-,26-,27+,29-/m0/s1. The van der Waals surface area contributed by atoms with E-state index in [0.29, 0.717) is 5.54 Å². The normalized spacial score (nSPS) is 36.1. The van der Waals surface area contributed by atoms with Gasteiger partial charge in [-0.25, -0.2) is 0 Å². The van der Waals surface area contributed by atoms with E-state index in [4.69, 9.17) is 9.16 Å². The molecule has 3 aliphatic carbocycles. The molecule has 1 N–H and O–H groups in total. The second-order valence-corrected chi connectivity index (χ2v) is 17.6. The third-order valence-electron chi connectivity index (χ3n) is 10.1. The van der Waals surface area contributed by atoms with Gasteiger partial charge in [-0.2, -0.15) is 0 Å². The molecule has 3 rings (SSSR count). The molecule has 0 heterocycles.